The van der Waals surface area contributed by atoms with E-state index in [1.54, 1.807) is 11.3 Å². The van der Waals surface area contributed by atoms with Crippen LogP contribution in [0.3, 0.4) is 0 Å². The first-order valence-electron chi connectivity index (χ1n) is 5.80. The van der Waals surface area contributed by atoms with E-state index >= 15 is 0 Å². The van der Waals surface area contributed by atoms with E-state index in [1.165, 1.54) is 0 Å². The van der Waals surface area contributed by atoms with Gasteiger partial charge in [-0.3, -0.25) is 4.68 Å². The number of nitrogens with one attached hydrogen (secondary N) is 1. The van der Waals surface area contributed by atoms with E-state index in [0.717, 1.165) is 17.8 Å². The number of hydrogen-bond donors (Lipinski definition) is 1. The zero-order valence-corrected chi connectivity index (χ0v) is 11.2. The summed E-state index contributed by atoms with van der Waals surface area (Å²) in [6, 6.07) is 2.74. The van der Waals surface area contributed by atoms with Crippen LogP contribution in [0.2, 0.25) is 0 Å². The minimum Gasteiger partial charge on any atom is -0.311 e. The van der Waals surface area contributed by atoms with Crippen molar-refractivity contribution in [2.75, 3.05) is 7.05 Å². The lowest BCUT2D eigenvalue weighted by Gasteiger charge is -2.12. The third kappa shape index (κ3) is 2.92. The van der Waals surface area contributed by atoms with Gasteiger partial charge in [0.05, 0.1) is 22.9 Å². The van der Waals surface area contributed by atoms with Gasteiger partial charge in [0.15, 0.2) is 0 Å². The maximum Gasteiger partial charge on any atom is 0.0795 e. The first-order chi connectivity index (χ1) is 8.20. The molecule has 1 atom stereocenters. The van der Waals surface area contributed by atoms with Gasteiger partial charge in [0.25, 0.3) is 0 Å². The Hall–Kier alpha value is -1.20. The van der Waals surface area contributed by atoms with Crippen molar-refractivity contribution < 1.29 is 0 Å². The first-order valence-corrected chi connectivity index (χ1v) is 6.74. The molecule has 2 rings (SSSR count). The highest BCUT2D eigenvalue weighted by molar-refractivity contribution is 7.07. The van der Waals surface area contributed by atoms with E-state index < -0.39 is 0 Å². The van der Waals surface area contributed by atoms with Crippen LogP contribution in [0.4, 0.5) is 0 Å². The van der Waals surface area contributed by atoms with Gasteiger partial charge in [-0.15, -0.1) is 11.3 Å². The van der Waals surface area contributed by atoms with Crippen LogP contribution in [-0.2, 0) is 6.42 Å². The summed E-state index contributed by atoms with van der Waals surface area (Å²) in [4.78, 5) is 4.35. The summed E-state index contributed by atoms with van der Waals surface area (Å²) in [5.41, 5.74) is 4.06. The maximum atomic E-state index is 4.56. The molecule has 5 heteroatoms. The standard InChI is InChI=1S/C12H18N4S/c1-9(2)16-5-4-10(15-16)6-11(13-3)12-7-17-8-14-12/h4-5,7-9,11,13H,6H2,1-3H3. The average molecular weight is 250 g/mol. The van der Waals surface area contributed by atoms with Gasteiger partial charge in [0.2, 0.25) is 0 Å². The van der Waals surface area contributed by atoms with Gasteiger partial charge in [-0.05, 0) is 27.0 Å². The van der Waals surface area contributed by atoms with E-state index in [0.29, 0.717) is 6.04 Å². The van der Waals surface area contributed by atoms with Crippen molar-refractivity contribution in [3.05, 3.63) is 34.5 Å². The molecule has 1 N–H and O–H groups in total. The SMILES string of the molecule is CNC(Cc1ccn(C(C)C)n1)c1cscn1. The molecule has 17 heavy (non-hydrogen) atoms. The summed E-state index contributed by atoms with van der Waals surface area (Å²) in [6.45, 7) is 4.26. The smallest absolute Gasteiger partial charge is 0.0795 e. The predicted octanol–water partition coefficient (Wildman–Crippen LogP) is 2.42. The van der Waals surface area contributed by atoms with E-state index in [1.807, 2.05) is 23.4 Å². The second kappa shape index (κ2) is 5.42. The Morgan fingerprint density at radius 1 is 1.47 bits per heavy atom. The Labute approximate surface area is 106 Å². The number of nitrogens with zero attached hydrogens (tertiary/aromatic N) is 3. The quantitative estimate of drug-likeness (QED) is 0.886. The molecule has 0 aliphatic rings. The molecular weight excluding hydrogens is 232 g/mol. The highest BCUT2D eigenvalue weighted by Crippen LogP contribution is 2.17. The van der Waals surface area contributed by atoms with E-state index in [4.69, 9.17) is 0 Å². The molecule has 0 saturated heterocycles. The second-order valence-electron chi connectivity index (χ2n) is 4.34. The van der Waals surface area contributed by atoms with Crippen molar-refractivity contribution in [2.24, 2.45) is 0 Å². The van der Waals surface area contributed by atoms with Crippen molar-refractivity contribution in [3.63, 3.8) is 0 Å². The highest BCUT2D eigenvalue weighted by atomic mass is 32.1. The van der Waals surface area contributed by atoms with Crippen LogP contribution in [-0.4, -0.2) is 21.8 Å². The topological polar surface area (TPSA) is 42.7 Å². The predicted molar refractivity (Wildman–Crippen MR) is 70.2 cm³/mol. The molecule has 0 fully saturated rings. The lowest BCUT2D eigenvalue weighted by Crippen LogP contribution is -2.19. The average Bonchev–Trinajstić information content (AvgIpc) is 2.96. The lowest BCUT2D eigenvalue weighted by molar-refractivity contribution is 0.513. The molecular formula is C12H18N4S. The summed E-state index contributed by atoms with van der Waals surface area (Å²) in [5, 5.41) is 9.93. The Morgan fingerprint density at radius 2 is 2.29 bits per heavy atom. The van der Waals surface area contributed by atoms with E-state index in [2.05, 4.69) is 40.7 Å². The Morgan fingerprint density at radius 3 is 2.82 bits per heavy atom. The van der Waals surface area contributed by atoms with Gasteiger partial charge in [0.1, 0.15) is 0 Å². The van der Waals surface area contributed by atoms with Gasteiger partial charge in [-0.2, -0.15) is 5.10 Å². The third-order valence-corrected chi connectivity index (χ3v) is 3.37. The zero-order valence-electron chi connectivity index (χ0n) is 10.4. The van der Waals surface area contributed by atoms with Gasteiger partial charge in [-0.1, -0.05) is 0 Å². The Kier molecular flexibility index (Phi) is 3.91. The van der Waals surface area contributed by atoms with Crippen molar-refractivity contribution in [1.29, 1.82) is 0 Å². The molecule has 0 spiro atoms. The fourth-order valence-electron chi connectivity index (χ4n) is 1.73. The molecule has 0 radical (unpaired) electrons. The second-order valence-corrected chi connectivity index (χ2v) is 5.06. The number of thiazole rings is 1. The molecule has 2 heterocycles. The number of rotatable bonds is 5. The summed E-state index contributed by atoms with van der Waals surface area (Å²) in [7, 11) is 1.96. The molecule has 0 bridgehead atoms. The van der Waals surface area contributed by atoms with Gasteiger partial charge < -0.3 is 5.32 Å². The summed E-state index contributed by atoms with van der Waals surface area (Å²) in [5.74, 6) is 0. The van der Waals surface area contributed by atoms with Crippen LogP contribution in [0.5, 0.6) is 0 Å². The summed E-state index contributed by atoms with van der Waals surface area (Å²) >= 11 is 1.63. The molecule has 0 aliphatic heterocycles. The van der Waals surface area contributed by atoms with Crippen LogP contribution in [0.1, 0.15) is 37.3 Å². The van der Waals surface area contributed by atoms with Crippen LogP contribution >= 0.6 is 11.3 Å². The Bertz CT molecular complexity index is 447. The minimum absolute atomic E-state index is 0.247. The molecule has 4 nitrogen and oxygen atoms in total. The minimum atomic E-state index is 0.247. The first kappa shape index (κ1) is 12.3. The fraction of sp³-hybridized carbons (Fsp3) is 0.500. The molecule has 0 aliphatic carbocycles. The fourth-order valence-corrected chi connectivity index (χ4v) is 2.34. The number of likely N-dealkylation sites (N-methyl/N-ethyl adjacent to an activating group) is 1. The van der Waals surface area contributed by atoms with Crippen molar-refractivity contribution >= 4 is 11.3 Å². The van der Waals surface area contributed by atoms with Crippen LogP contribution in [0.15, 0.2) is 23.2 Å². The monoisotopic (exact) mass is 250 g/mol. The molecule has 1 unspecified atom stereocenters. The van der Waals surface area contributed by atoms with Crippen LogP contribution in [0, 0.1) is 0 Å². The largest absolute Gasteiger partial charge is 0.311 e. The number of hydrogen-bond acceptors (Lipinski definition) is 4. The molecule has 92 valence electrons. The molecule has 0 aromatic carbocycles. The molecule has 0 amide bonds. The third-order valence-electron chi connectivity index (χ3n) is 2.76. The molecule has 2 aromatic heterocycles. The van der Waals surface area contributed by atoms with E-state index in [9.17, 15) is 0 Å². The zero-order chi connectivity index (χ0) is 12.3. The maximum absolute atomic E-state index is 4.56. The molecule has 0 saturated carbocycles. The lowest BCUT2D eigenvalue weighted by atomic mass is 10.1. The molecule has 2 aromatic rings. The van der Waals surface area contributed by atoms with Crippen molar-refractivity contribution in [2.45, 2.75) is 32.4 Å². The normalized spacial score (nSPS) is 13.2. The van der Waals surface area contributed by atoms with Gasteiger partial charge in [0, 0.05) is 24.0 Å². The van der Waals surface area contributed by atoms with Gasteiger partial charge in [-0.25, -0.2) is 4.98 Å². The van der Waals surface area contributed by atoms with E-state index in [-0.39, 0.29) is 6.04 Å². The summed E-state index contributed by atoms with van der Waals surface area (Å²) in [6.07, 6.45) is 2.91. The summed E-state index contributed by atoms with van der Waals surface area (Å²) < 4.78 is 1.99. The van der Waals surface area contributed by atoms with Crippen molar-refractivity contribution in [1.82, 2.24) is 20.1 Å². The van der Waals surface area contributed by atoms with Gasteiger partial charge >= 0.3 is 0 Å². The highest BCUT2D eigenvalue weighted by Gasteiger charge is 2.13. The Balaban J connectivity index is 2.08. The van der Waals surface area contributed by atoms with Crippen molar-refractivity contribution in [3.8, 4) is 0 Å². The van der Waals surface area contributed by atoms with Crippen LogP contribution in [0.25, 0.3) is 0 Å². The number of aromatic nitrogens is 3. The van der Waals surface area contributed by atoms with Crippen LogP contribution < -0.4 is 5.32 Å².